The molecule has 0 saturated carbocycles. The lowest BCUT2D eigenvalue weighted by molar-refractivity contribution is 0.0973. The number of carbonyl (C=O) groups excluding carboxylic acids is 1. The van der Waals surface area contributed by atoms with Gasteiger partial charge < -0.3 is 9.09 Å². The van der Waals surface area contributed by atoms with Gasteiger partial charge in [-0.05, 0) is 24.8 Å². The molecule has 0 unspecified atom stereocenters. The number of hydrogen-bond donors (Lipinski definition) is 0. The molecule has 0 N–H and O–H groups in total. The number of nitrogens with zero attached hydrogens (tertiary/aromatic N) is 3. The van der Waals surface area contributed by atoms with Crippen molar-refractivity contribution in [3.05, 3.63) is 35.2 Å². The molecule has 0 aliphatic heterocycles. The summed E-state index contributed by atoms with van der Waals surface area (Å²) in [6.45, 7) is 2.62. The summed E-state index contributed by atoms with van der Waals surface area (Å²) in [5, 5.41) is 3.93. The van der Waals surface area contributed by atoms with Crippen LogP contribution in [-0.2, 0) is 19.4 Å². The molecule has 0 fully saturated rings. The molecule has 0 atom stereocenters. The predicted octanol–water partition coefficient (Wildman–Crippen LogP) is 2.39. The first-order chi connectivity index (χ1) is 9.26. The summed E-state index contributed by atoms with van der Waals surface area (Å²) >= 11 is 0. The standard InChI is InChI=1S/C14H17N3O2/c1-2-4-13-15-14(19-16-13)9-17-7-10-5-3-6-12(18)11(10)8-17/h7-8H,2-6,9H2,1H3. The summed E-state index contributed by atoms with van der Waals surface area (Å²) in [6, 6.07) is 0. The quantitative estimate of drug-likeness (QED) is 0.845. The molecule has 2 aromatic rings. The molecule has 0 amide bonds. The average Bonchev–Trinajstić information content (AvgIpc) is 2.98. The van der Waals surface area contributed by atoms with E-state index in [9.17, 15) is 4.79 Å². The van der Waals surface area contributed by atoms with Crippen LogP contribution in [0.25, 0.3) is 0 Å². The van der Waals surface area contributed by atoms with Gasteiger partial charge in [-0.1, -0.05) is 12.1 Å². The molecule has 0 spiro atoms. The molecule has 1 aliphatic carbocycles. The number of carbonyl (C=O) groups is 1. The van der Waals surface area contributed by atoms with Crippen molar-refractivity contribution in [2.45, 2.75) is 45.6 Å². The van der Waals surface area contributed by atoms with Crippen molar-refractivity contribution in [2.75, 3.05) is 0 Å². The van der Waals surface area contributed by atoms with Crippen LogP contribution in [0.5, 0.6) is 0 Å². The summed E-state index contributed by atoms with van der Waals surface area (Å²) in [4.78, 5) is 16.1. The zero-order valence-electron chi connectivity index (χ0n) is 11.1. The average molecular weight is 259 g/mol. The van der Waals surface area contributed by atoms with Gasteiger partial charge in [0, 0.05) is 30.8 Å². The van der Waals surface area contributed by atoms with Gasteiger partial charge >= 0.3 is 0 Å². The Morgan fingerprint density at radius 3 is 3.05 bits per heavy atom. The van der Waals surface area contributed by atoms with Crippen molar-refractivity contribution >= 4 is 5.78 Å². The topological polar surface area (TPSA) is 60.9 Å². The molecule has 0 aromatic carbocycles. The maximum absolute atomic E-state index is 11.8. The fraction of sp³-hybridized carbons (Fsp3) is 0.500. The monoisotopic (exact) mass is 259 g/mol. The van der Waals surface area contributed by atoms with Gasteiger partial charge in [-0.15, -0.1) is 0 Å². The fourth-order valence-electron chi connectivity index (χ4n) is 2.51. The first kappa shape index (κ1) is 12.1. The number of Topliss-reactive ketones (excluding diaryl/α,β-unsaturated/α-hetero) is 1. The highest BCUT2D eigenvalue weighted by atomic mass is 16.5. The second-order valence-electron chi connectivity index (χ2n) is 5.00. The molecule has 19 heavy (non-hydrogen) atoms. The fourth-order valence-corrected chi connectivity index (χ4v) is 2.51. The summed E-state index contributed by atoms with van der Waals surface area (Å²) in [7, 11) is 0. The lowest BCUT2D eigenvalue weighted by Gasteiger charge is -2.07. The Kier molecular flexibility index (Phi) is 3.19. The van der Waals surface area contributed by atoms with Crippen LogP contribution in [0, 0.1) is 0 Å². The van der Waals surface area contributed by atoms with Crippen LogP contribution in [0.1, 0.15) is 53.8 Å². The van der Waals surface area contributed by atoms with E-state index < -0.39 is 0 Å². The van der Waals surface area contributed by atoms with Gasteiger partial charge in [0.25, 0.3) is 0 Å². The van der Waals surface area contributed by atoms with Crippen LogP contribution < -0.4 is 0 Å². The number of aromatic nitrogens is 3. The highest BCUT2D eigenvalue weighted by Crippen LogP contribution is 2.22. The second-order valence-corrected chi connectivity index (χ2v) is 5.00. The lowest BCUT2D eigenvalue weighted by Crippen LogP contribution is -2.07. The van der Waals surface area contributed by atoms with Crippen molar-refractivity contribution < 1.29 is 9.32 Å². The summed E-state index contributed by atoms with van der Waals surface area (Å²) in [5.41, 5.74) is 2.00. The van der Waals surface area contributed by atoms with Crippen LogP contribution in [0.3, 0.4) is 0 Å². The van der Waals surface area contributed by atoms with Crippen molar-refractivity contribution in [2.24, 2.45) is 0 Å². The molecule has 0 saturated heterocycles. The number of aryl methyl sites for hydroxylation is 2. The molecule has 2 aromatic heterocycles. The molecule has 100 valence electrons. The van der Waals surface area contributed by atoms with E-state index in [1.54, 1.807) is 0 Å². The van der Waals surface area contributed by atoms with E-state index in [4.69, 9.17) is 4.52 Å². The number of rotatable bonds is 4. The van der Waals surface area contributed by atoms with Gasteiger partial charge in [0.05, 0.1) is 0 Å². The Balaban J connectivity index is 1.77. The molecule has 0 bridgehead atoms. The molecule has 2 heterocycles. The molecule has 1 aliphatic rings. The Morgan fingerprint density at radius 1 is 1.37 bits per heavy atom. The van der Waals surface area contributed by atoms with E-state index in [1.807, 2.05) is 17.0 Å². The molecule has 5 nitrogen and oxygen atoms in total. The van der Waals surface area contributed by atoms with E-state index in [0.29, 0.717) is 18.9 Å². The van der Waals surface area contributed by atoms with E-state index in [2.05, 4.69) is 17.1 Å². The number of ketones is 1. The Hall–Kier alpha value is -1.91. The zero-order valence-corrected chi connectivity index (χ0v) is 11.1. The van der Waals surface area contributed by atoms with Gasteiger partial charge in [0.1, 0.15) is 6.54 Å². The van der Waals surface area contributed by atoms with Crippen LogP contribution in [0.4, 0.5) is 0 Å². The minimum atomic E-state index is 0.247. The summed E-state index contributed by atoms with van der Waals surface area (Å²) in [6.07, 6.45) is 8.38. The van der Waals surface area contributed by atoms with Gasteiger partial charge in [-0.25, -0.2) is 0 Å². The molecule has 0 radical (unpaired) electrons. The highest BCUT2D eigenvalue weighted by Gasteiger charge is 2.19. The minimum absolute atomic E-state index is 0.247. The molecule has 3 rings (SSSR count). The summed E-state index contributed by atoms with van der Waals surface area (Å²) < 4.78 is 7.18. The third kappa shape index (κ3) is 2.45. The Bertz CT molecular complexity index is 598. The SMILES string of the molecule is CCCc1noc(Cn2cc3c(c2)C(=O)CCC3)n1. The number of hydrogen-bond acceptors (Lipinski definition) is 4. The first-order valence-electron chi connectivity index (χ1n) is 6.79. The van der Waals surface area contributed by atoms with Crippen LogP contribution in [-0.4, -0.2) is 20.5 Å². The van der Waals surface area contributed by atoms with E-state index in [0.717, 1.165) is 42.6 Å². The largest absolute Gasteiger partial charge is 0.344 e. The molecular weight excluding hydrogens is 242 g/mol. The van der Waals surface area contributed by atoms with Crippen molar-refractivity contribution in [1.29, 1.82) is 0 Å². The normalized spacial score (nSPS) is 14.7. The summed E-state index contributed by atoms with van der Waals surface area (Å²) in [5.74, 6) is 1.60. The second kappa shape index (κ2) is 4.99. The minimum Gasteiger partial charge on any atom is -0.344 e. The van der Waals surface area contributed by atoms with Gasteiger partial charge in [-0.2, -0.15) is 4.98 Å². The number of fused-ring (bicyclic) bond motifs is 1. The third-order valence-electron chi connectivity index (χ3n) is 3.41. The Morgan fingerprint density at radius 2 is 2.26 bits per heavy atom. The van der Waals surface area contributed by atoms with E-state index in [-0.39, 0.29) is 5.78 Å². The smallest absolute Gasteiger partial charge is 0.246 e. The molecule has 5 heteroatoms. The van der Waals surface area contributed by atoms with Crippen LogP contribution >= 0.6 is 0 Å². The lowest BCUT2D eigenvalue weighted by atomic mass is 9.95. The Labute approximate surface area is 111 Å². The maximum atomic E-state index is 11.8. The zero-order chi connectivity index (χ0) is 13.2. The van der Waals surface area contributed by atoms with Crippen LogP contribution in [0.2, 0.25) is 0 Å². The van der Waals surface area contributed by atoms with Gasteiger partial charge in [-0.3, -0.25) is 4.79 Å². The van der Waals surface area contributed by atoms with Gasteiger partial charge in [0.15, 0.2) is 11.6 Å². The molecular formula is C14H17N3O2. The van der Waals surface area contributed by atoms with Crippen molar-refractivity contribution in [3.63, 3.8) is 0 Å². The highest BCUT2D eigenvalue weighted by molar-refractivity contribution is 5.98. The van der Waals surface area contributed by atoms with Crippen molar-refractivity contribution in [3.8, 4) is 0 Å². The first-order valence-corrected chi connectivity index (χ1v) is 6.79. The predicted molar refractivity (Wildman–Crippen MR) is 69.1 cm³/mol. The van der Waals surface area contributed by atoms with Gasteiger partial charge in [0.2, 0.25) is 5.89 Å². The van der Waals surface area contributed by atoms with Crippen LogP contribution in [0.15, 0.2) is 16.9 Å². The van der Waals surface area contributed by atoms with Crippen molar-refractivity contribution in [1.82, 2.24) is 14.7 Å². The third-order valence-corrected chi connectivity index (χ3v) is 3.41. The van der Waals surface area contributed by atoms with E-state index in [1.165, 1.54) is 0 Å². The maximum Gasteiger partial charge on any atom is 0.246 e. The van der Waals surface area contributed by atoms with E-state index >= 15 is 0 Å².